The highest BCUT2D eigenvalue weighted by molar-refractivity contribution is 7.84. The number of carbonyl (C=O) groups is 4. The number of anilines is 1. The van der Waals surface area contributed by atoms with Gasteiger partial charge in [0.1, 0.15) is 11.7 Å². The average Bonchev–Trinajstić information content (AvgIpc) is 3.07. The Labute approximate surface area is 178 Å². The van der Waals surface area contributed by atoms with Gasteiger partial charge in [0.05, 0.1) is 7.11 Å². The molecule has 2 rings (SSSR count). The Kier molecular flexibility index (Phi) is 6.52. The number of carboxylic acid groups (broad SMARTS) is 1. The van der Waals surface area contributed by atoms with Crippen LogP contribution in [-0.2, 0) is 39.1 Å². The summed E-state index contributed by atoms with van der Waals surface area (Å²) in [6.45, 7) is 2.30. The molecule has 5 N–H and O–H groups in total. The third-order valence-electron chi connectivity index (χ3n) is 3.89. The number of nitrogens with two attached hydrogens (primary N) is 1. The SMILES string of the molecule is COC(=O)[C@H]1[C@@H](NC(=O)/C(=N\OC(C)(C)C(=O)O)c2csc(N)n2)C(=O)N1S(=O)(=O)O. The fraction of sp³-hybridized carbons (Fsp3) is 0.429. The molecule has 2 heterocycles. The molecule has 0 spiro atoms. The Hall–Kier alpha value is -3.31. The van der Waals surface area contributed by atoms with Crippen molar-refractivity contribution in [1.29, 1.82) is 0 Å². The van der Waals surface area contributed by atoms with E-state index in [0.29, 0.717) is 0 Å². The van der Waals surface area contributed by atoms with Gasteiger partial charge in [-0.2, -0.15) is 12.7 Å². The van der Waals surface area contributed by atoms with E-state index < -0.39 is 57.5 Å². The number of amides is 2. The fourth-order valence-electron chi connectivity index (χ4n) is 2.22. The Balaban J connectivity index is 2.36. The van der Waals surface area contributed by atoms with Crippen molar-refractivity contribution < 1.29 is 46.8 Å². The van der Waals surface area contributed by atoms with E-state index in [-0.39, 0.29) is 15.1 Å². The molecule has 2 atom stereocenters. The van der Waals surface area contributed by atoms with Crippen molar-refractivity contribution >= 4 is 56.2 Å². The lowest BCUT2D eigenvalue weighted by Gasteiger charge is -2.41. The second-order valence-corrected chi connectivity index (χ2v) is 8.63. The van der Waals surface area contributed by atoms with Crippen molar-refractivity contribution in [3.63, 3.8) is 0 Å². The molecule has 1 saturated heterocycles. The summed E-state index contributed by atoms with van der Waals surface area (Å²) in [6.07, 6.45) is 0. The number of rotatable bonds is 8. The number of β-lactam (4-membered cyclic amide) rings is 1. The number of aliphatic carboxylic acids is 1. The minimum Gasteiger partial charge on any atom is -0.478 e. The summed E-state index contributed by atoms with van der Waals surface area (Å²) < 4.78 is 36.0. The van der Waals surface area contributed by atoms with Gasteiger partial charge in [0, 0.05) is 5.38 Å². The molecule has 1 fully saturated rings. The molecule has 170 valence electrons. The first-order chi connectivity index (χ1) is 14.2. The van der Waals surface area contributed by atoms with Crippen molar-refractivity contribution in [3.8, 4) is 0 Å². The minimum atomic E-state index is -5.11. The summed E-state index contributed by atoms with van der Waals surface area (Å²) in [5, 5.41) is 16.0. The molecular formula is C14H17N5O10S2. The number of oxime groups is 1. The molecule has 2 amide bonds. The normalized spacial score (nSPS) is 19.4. The van der Waals surface area contributed by atoms with Gasteiger partial charge < -0.3 is 25.7 Å². The monoisotopic (exact) mass is 479 g/mol. The van der Waals surface area contributed by atoms with Crippen LogP contribution in [0.15, 0.2) is 10.5 Å². The van der Waals surface area contributed by atoms with Crippen LogP contribution in [0.3, 0.4) is 0 Å². The van der Waals surface area contributed by atoms with E-state index in [2.05, 4.69) is 20.2 Å². The van der Waals surface area contributed by atoms with Gasteiger partial charge in [-0.15, -0.1) is 11.3 Å². The minimum absolute atomic E-state index is 0.0256. The standard InChI is InChI=1S/C14H17N5O10S2/c1-14(2,12(23)24)29-18-6(5-4-30-13(15)16-5)9(20)17-7-8(11(22)28-3)19(10(7)21)31(25,26)27/h4,7-8H,1-3H3,(H2,15,16)(H,17,20)(H,23,24)(H,25,26,27)/b18-6-/t7-,8-/m1/s1. The molecule has 15 nitrogen and oxygen atoms in total. The van der Waals surface area contributed by atoms with Gasteiger partial charge in [-0.25, -0.2) is 14.6 Å². The number of esters is 1. The number of carboxylic acids is 1. The lowest BCUT2D eigenvalue weighted by atomic mass is 9.98. The predicted molar refractivity (Wildman–Crippen MR) is 102 cm³/mol. The van der Waals surface area contributed by atoms with E-state index in [1.807, 2.05) is 0 Å². The number of hydrogen-bond acceptors (Lipinski definition) is 12. The number of aromatic nitrogens is 1. The van der Waals surface area contributed by atoms with Gasteiger partial charge in [-0.05, 0) is 13.8 Å². The van der Waals surface area contributed by atoms with Gasteiger partial charge in [0.2, 0.25) is 5.60 Å². The maximum Gasteiger partial charge on any atom is 0.363 e. The van der Waals surface area contributed by atoms with Crippen molar-refractivity contribution in [1.82, 2.24) is 14.6 Å². The molecule has 0 saturated carbocycles. The van der Waals surface area contributed by atoms with Gasteiger partial charge in [-0.1, -0.05) is 5.16 Å². The molecule has 1 aromatic heterocycles. The lowest BCUT2D eigenvalue weighted by Crippen LogP contribution is -2.74. The molecule has 0 aromatic carbocycles. The molecule has 1 aromatic rings. The van der Waals surface area contributed by atoms with Crippen LogP contribution in [-0.4, -0.2) is 81.6 Å². The molecule has 0 radical (unpaired) electrons. The summed E-state index contributed by atoms with van der Waals surface area (Å²) in [5.74, 6) is -5.14. The molecule has 0 bridgehead atoms. The summed E-state index contributed by atoms with van der Waals surface area (Å²) in [7, 11) is -4.21. The molecule has 17 heteroatoms. The van der Waals surface area contributed by atoms with E-state index >= 15 is 0 Å². The van der Waals surface area contributed by atoms with Gasteiger partial charge in [0.15, 0.2) is 16.9 Å². The molecule has 0 unspecified atom stereocenters. The Bertz CT molecular complexity index is 1060. The molecule has 1 aliphatic heterocycles. The molecule has 0 aliphatic carbocycles. The number of hydrogen-bond donors (Lipinski definition) is 4. The maximum absolute atomic E-state index is 12.7. The summed E-state index contributed by atoms with van der Waals surface area (Å²) in [4.78, 5) is 56.6. The summed E-state index contributed by atoms with van der Waals surface area (Å²) in [6, 6.07) is -3.62. The predicted octanol–water partition coefficient (Wildman–Crippen LogP) is -2.02. The first-order valence-corrected chi connectivity index (χ1v) is 10.4. The Morgan fingerprint density at radius 1 is 1.39 bits per heavy atom. The third kappa shape index (κ3) is 4.89. The van der Waals surface area contributed by atoms with E-state index in [1.165, 1.54) is 5.38 Å². The highest BCUT2D eigenvalue weighted by Crippen LogP contribution is 2.25. The van der Waals surface area contributed by atoms with E-state index in [9.17, 15) is 27.6 Å². The zero-order chi connectivity index (χ0) is 23.7. The average molecular weight is 479 g/mol. The number of nitrogens with zero attached hydrogens (tertiary/aromatic N) is 3. The van der Waals surface area contributed by atoms with Gasteiger partial charge >= 0.3 is 22.2 Å². The van der Waals surface area contributed by atoms with Crippen LogP contribution < -0.4 is 11.1 Å². The van der Waals surface area contributed by atoms with Crippen LogP contribution in [0.4, 0.5) is 5.13 Å². The van der Waals surface area contributed by atoms with E-state index in [4.69, 9.17) is 20.2 Å². The summed E-state index contributed by atoms with van der Waals surface area (Å²) >= 11 is 0.914. The Morgan fingerprint density at radius 2 is 2.00 bits per heavy atom. The van der Waals surface area contributed by atoms with E-state index in [1.54, 1.807) is 0 Å². The Morgan fingerprint density at radius 3 is 2.45 bits per heavy atom. The number of nitrogens with one attached hydrogen (secondary N) is 1. The molecular weight excluding hydrogens is 462 g/mol. The number of ether oxygens (including phenoxy) is 1. The van der Waals surface area contributed by atoms with Crippen molar-refractivity contribution in [2.45, 2.75) is 31.5 Å². The van der Waals surface area contributed by atoms with Gasteiger partial charge in [-0.3, -0.25) is 14.1 Å². The van der Waals surface area contributed by atoms with E-state index in [0.717, 1.165) is 32.3 Å². The van der Waals surface area contributed by atoms with Crippen LogP contribution in [0.5, 0.6) is 0 Å². The molecule has 1 aliphatic rings. The van der Waals surface area contributed by atoms with Crippen molar-refractivity contribution in [3.05, 3.63) is 11.1 Å². The zero-order valence-electron chi connectivity index (χ0n) is 16.1. The lowest BCUT2D eigenvalue weighted by molar-refractivity contribution is -0.162. The summed E-state index contributed by atoms with van der Waals surface area (Å²) in [5.41, 5.74) is 2.92. The topological polar surface area (TPSA) is 228 Å². The first-order valence-electron chi connectivity index (χ1n) is 8.11. The smallest absolute Gasteiger partial charge is 0.363 e. The van der Waals surface area contributed by atoms with Crippen LogP contribution >= 0.6 is 11.3 Å². The van der Waals surface area contributed by atoms with Crippen LogP contribution in [0.1, 0.15) is 19.5 Å². The second-order valence-electron chi connectivity index (χ2n) is 6.45. The quantitative estimate of drug-likeness (QED) is 0.104. The third-order valence-corrected chi connectivity index (χ3v) is 5.47. The molecule has 31 heavy (non-hydrogen) atoms. The van der Waals surface area contributed by atoms with Crippen LogP contribution in [0, 0.1) is 0 Å². The number of carbonyl (C=O) groups excluding carboxylic acids is 3. The highest BCUT2D eigenvalue weighted by Gasteiger charge is 2.58. The largest absolute Gasteiger partial charge is 0.478 e. The fourth-order valence-corrected chi connectivity index (χ4v) is 3.61. The van der Waals surface area contributed by atoms with Crippen molar-refractivity contribution in [2.75, 3.05) is 12.8 Å². The van der Waals surface area contributed by atoms with Crippen LogP contribution in [0.2, 0.25) is 0 Å². The maximum atomic E-state index is 12.7. The van der Waals surface area contributed by atoms with Crippen molar-refractivity contribution in [2.24, 2.45) is 5.16 Å². The highest BCUT2D eigenvalue weighted by atomic mass is 32.2. The second kappa shape index (κ2) is 8.44. The number of thiazole rings is 1. The first kappa shape index (κ1) is 24.0. The number of nitrogen functional groups attached to an aromatic ring is 1. The zero-order valence-corrected chi connectivity index (χ0v) is 17.8. The number of methoxy groups -OCH3 is 1. The van der Waals surface area contributed by atoms with Crippen LogP contribution in [0.25, 0.3) is 0 Å². The van der Waals surface area contributed by atoms with Gasteiger partial charge in [0.25, 0.3) is 11.8 Å².